The van der Waals surface area contributed by atoms with E-state index in [0.29, 0.717) is 13.0 Å². The number of fused-ring (bicyclic) bond motifs is 1. The summed E-state index contributed by atoms with van der Waals surface area (Å²) in [5.41, 5.74) is 0.934. The Kier molecular flexibility index (Phi) is 2.98. The second-order valence-corrected chi connectivity index (χ2v) is 4.81. The zero-order valence-corrected chi connectivity index (χ0v) is 10.6. The van der Waals surface area contributed by atoms with Gasteiger partial charge in [0.05, 0.1) is 19.8 Å². The quantitative estimate of drug-likeness (QED) is 0.591. The van der Waals surface area contributed by atoms with Gasteiger partial charge in [-0.2, -0.15) is 0 Å². The van der Waals surface area contributed by atoms with Crippen LogP contribution in [0.3, 0.4) is 0 Å². The lowest BCUT2D eigenvalue weighted by Gasteiger charge is -2.22. The lowest BCUT2D eigenvalue weighted by atomic mass is 10.1. The Morgan fingerprint density at radius 2 is 2.11 bits per heavy atom. The van der Waals surface area contributed by atoms with E-state index in [9.17, 15) is 9.59 Å². The maximum Gasteiger partial charge on any atom is 0.318 e. The van der Waals surface area contributed by atoms with Crippen molar-refractivity contribution < 1.29 is 19.1 Å². The van der Waals surface area contributed by atoms with Gasteiger partial charge in [0.15, 0.2) is 6.23 Å². The summed E-state index contributed by atoms with van der Waals surface area (Å²) >= 11 is 0. The highest BCUT2D eigenvalue weighted by Gasteiger charge is 2.51. The first-order valence-corrected chi connectivity index (χ1v) is 6.29. The molecule has 1 aromatic rings. The largest absolute Gasteiger partial charge is 0.468 e. The topological polar surface area (TPSA) is 55.8 Å². The van der Waals surface area contributed by atoms with E-state index in [0.717, 1.165) is 5.56 Å². The number of carbonyl (C=O) groups excluding carboxylic acids is 2. The van der Waals surface area contributed by atoms with Crippen LogP contribution in [0.25, 0.3) is 0 Å². The van der Waals surface area contributed by atoms with Crippen molar-refractivity contribution in [1.82, 2.24) is 4.90 Å². The third kappa shape index (κ3) is 1.90. The maximum absolute atomic E-state index is 12.3. The zero-order chi connectivity index (χ0) is 13.4. The van der Waals surface area contributed by atoms with Crippen molar-refractivity contribution in [3.63, 3.8) is 0 Å². The second kappa shape index (κ2) is 4.66. The van der Waals surface area contributed by atoms with Gasteiger partial charge in [-0.15, -0.1) is 0 Å². The van der Waals surface area contributed by atoms with Crippen LogP contribution in [-0.2, 0) is 19.1 Å². The fraction of sp³-hybridized carbons (Fsp3) is 0.429. The average Bonchev–Trinajstić information content (AvgIpc) is 3.00. The van der Waals surface area contributed by atoms with Crippen molar-refractivity contribution in [2.75, 3.05) is 13.7 Å². The molecule has 1 aromatic carbocycles. The lowest BCUT2D eigenvalue weighted by Crippen LogP contribution is -2.34. The summed E-state index contributed by atoms with van der Waals surface area (Å²) in [7, 11) is 1.31. The van der Waals surface area contributed by atoms with Crippen molar-refractivity contribution in [3.8, 4) is 0 Å². The summed E-state index contributed by atoms with van der Waals surface area (Å²) in [5.74, 6) is -1.32. The Morgan fingerprint density at radius 1 is 1.37 bits per heavy atom. The maximum atomic E-state index is 12.3. The number of amides is 1. The average molecular weight is 261 g/mol. The van der Waals surface area contributed by atoms with Gasteiger partial charge >= 0.3 is 5.97 Å². The van der Waals surface area contributed by atoms with Gasteiger partial charge in [-0.05, 0) is 6.42 Å². The fourth-order valence-corrected chi connectivity index (χ4v) is 2.80. The van der Waals surface area contributed by atoms with E-state index >= 15 is 0 Å². The Labute approximate surface area is 111 Å². The molecule has 0 bridgehead atoms. The molecular weight excluding hydrogens is 246 g/mol. The summed E-state index contributed by atoms with van der Waals surface area (Å²) in [5, 5.41) is 0. The summed E-state index contributed by atoms with van der Waals surface area (Å²) in [6.45, 7) is 0.471. The molecule has 0 saturated carbocycles. The molecule has 0 aromatic heterocycles. The molecule has 5 nitrogen and oxygen atoms in total. The molecule has 1 amide bonds. The van der Waals surface area contributed by atoms with E-state index in [4.69, 9.17) is 4.74 Å². The van der Waals surface area contributed by atoms with Gasteiger partial charge in [0.1, 0.15) is 5.92 Å². The van der Waals surface area contributed by atoms with Crippen LogP contribution in [0.5, 0.6) is 0 Å². The molecule has 0 radical (unpaired) electrons. The van der Waals surface area contributed by atoms with E-state index in [1.165, 1.54) is 7.11 Å². The van der Waals surface area contributed by atoms with Crippen LogP contribution in [0.4, 0.5) is 0 Å². The number of nitrogens with zero attached hydrogens (tertiary/aromatic N) is 1. The minimum absolute atomic E-state index is 0.0261. The SMILES string of the molecule is COC(=O)C1C[C@@H]2CO[C@@H](c3ccccc3)N2C1=O. The van der Waals surface area contributed by atoms with Gasteiger partial charge in [0.25, 0.3) is 0 Å². The molecule has 5 heteroatoms. The van der Waals surface area contributed by atoms with Crippen LogP contribution in [0.1, 0.15) is 18.2 Å². The van der Waals surface area contributed by atoms with E-state index in [1.54, 1.807) is 4.90 Å². The van der Waals surface area contributed by atoms with Gasteiger partial charge < -0.3 is 14.4 Å². The predicted octanol–water partition coefficient (Wildman–Crippen LogP) is 1.11. The molecule has 2 fully saturated rings. The van der Waals surface area contributed by atoms with Crippen molar-refractivity contribution >= 4 is 11.9 Å². The predicted molar refractivity (Wildman–Crippen MR) is 65.9 cm³/mol. The minimum atomic E-state index is -0.676. The van der Waals surface area contributed by atoms with Gasteiger partial charge in [-0.3, -0.25) is 9.59 Å². The second-order valence-electron chi connectivity index (χ2n) is 4.81. The van der Waals surface area contributed by atoms with Crippen molar-refractivity contribution in [2.45, 2.75) is 18.7 Å². The van der Waals surface area contributed by atoms with Crippen LogP contribution >= 0.6 is 0 Å². The monoisotopic (exact) mass is 261 g/mol. The molecule has 1 unspecified atom stereocenters. The normalized spacial score (nSPS) is 29.4. The van der Waals surface area contributed by atoms with Crippen LogP contribution in [-0.4, -0.2) is 36.5 Å². The van der Waals surface area contributed by atoms with Crippen molar-refractivity contribution in [1.29, 1.82) is 0 Å². The molecule has 0 aliphatic carbocycles. The number of hydrogen-bond donors (Lipinski definition) is 0. The van der Waals surface area contributed by atoms with Gasteiger partial charge in [0, 0.05) is 5.56 Å². The Hall–Kier alpha value is -1.88. The first-order valence-electron chi connectivity index (χ1n) is 6.29. The zero-order valence-electron chi connectivity index (χ0n) is 10.6. The summed E-state index contributed by atoms with van der Waals surface area (Å²) in [4.78, 5) is 25.6. The molecule has 0 spiro atoms. The Morgan fingerprint density at radius 3 is 2.79 bits per heavy atom. The summed E-state index contributed by atoms with van der Waals surface area (Å²) in [6.07, 6.45) is 0.0998. The number of methoxy groups -OCH3 is 1. The molecule has 2 aliphatic rings. The third-order valence-electron chi connectivity index (χ3n) is 3.72. The minimum Gasteiger partial charge on any atom is -0.468 e. The highest BCUT2D eigenvalue weighted by molar-refractivity contribution is 5.99. The lowest BCUT2D eigenvalue weighted by molar-refractivity contribution is -0.152. The molecule has 2 heterocycles. The van der Waals surface area contributed by atoms with Gasteiger partial charge in [-0.25, -0.2) is 0 Å². The Bertz CT molecular complexity index is 501. The molecule has 3 rings (SSSR count). The summed E-state index contributed by atoms with van der Waals surface area (Å²) < 4.78 is 10.4. The van der Waals surface area contributed by atoms with Crippen LogP contribution < -0.4 is 0 Å². The number of carbonyl (C=O) groups is 2. The van der Waals surface area contributed by atoms with Crippen LogP contribution in [0.2, 0.25) is 0 Å². The van der Waals surface area contributed by atoms with Crippen molar-refractivity contribution in [3.05, 3.63) is 35.9 Å². The van der Waals surface area contributed by atoms with E-state index in [1.807, 2.05) is 30.3 Å². The molecule has 2 saturated heterocycles. The number of hydrogen-bond acceptors (Lipinski definition) is 4. The highest BCUT2D eigenvalue weighted by Crippen LogP contribution is 2.39. The van der Waals surface area contributed by atoms with E-state index in [2.05, 4.69) is 4.74 Å². The summed E-state index contributed by atoms with van der Waals surface area (Å²) in [6, 6.07) is 9.55. The number of esters is 1. The number of ether oxygens (including phenoxy) is 2. The van der Waals surface area contributed by atoms with Crippen LogP contribution in [0, 0.1) is 5.92 Å². The number of rotatable bonds is 2. The van der Waals surface area contributed by atoms with Gasteiger partial charge in [-0.1, -0.05) is 30.3 Å². The highest BCUT2D eigenvalue weighted by atomic mass is 16.5. The molecule has 100 valence electrons. The molecule has 3 atom stereocenters. The van der Waals surface area contributed by atoms with E-state index < -0.39 is 11.9 Å². The third-order valence-corrected chi connectivity index (χ3v) is 3.72. The van der Waals surface area contributed by atoms with Crippen molar-refractivity contribution in [2.24, 2.45) is 5.92 Å². The molecule has 2 aliphatic heterocycles. The number of benzene rings is 1. The Balaban J connectivity index is 1.85. The first-order chi connectivity index (χ1) is 9.22. The van der Waals surface area contributed by atoms with E-state index in [-0.39, 0.29) is 18.2 Å². The standard InChI is InChI=1S/C14H15NO4/c1-18-14(17)11-7-10-8-19-13(15(10)12(11)16)9-5-3-2-4-6-9/h2-6,10-11,13H,7-8H2,1H3/t10-,11?,13+/m1/s1. The fourth-order valence-electron chi connectivity index (χ4n) is 2.80. The molecular formula is C14H15NO4. The smallest absolute Gasteiger partial charge is 0.318 e. The van der Waals surface area contributed by atoms with Gasteiger partial charge in [0.2, 0.25) is 5.91 Å². The van der Waals surface area contributed by atoms with Crippen LogP contribution in [0.15, 0.2) is 30.3 Å². The molecule has 19 heavy (non-hydrogen) atoms. The first kappa shape index (κ1) is 12.2. The molecule has 0 N–H and O–H groups in total.